The van der Waals surface area contributed by atoms with Gasteiger partial charge in [0.05, 0.1) is 0 Å². The number of ether oxygens (including phenoxy) is 1. The lowest BCUT2D eigenvalue weighted by Crippen LogP contribution is -2.18. The second kappa shape index (κ2) is 4.60. The van der Waals surface area contributed by atoms with Gasteiger partial charge in [0.1, 0.15) is 0 Å². The van der Waals surface area contributed by atoms with Gasteiger partial charge < -0.3 is 9.84 Å². The molecule has 0 saturated heterocycles. The second-order valence-corrected chi connectivity index (χ2v) is 3.02. The molecule has 0 atom stereocenters. The highest BCUT2D eigenvalue weighted by Gasteiger charge is 2.11. The fourth-order valence-electron chi connectivity index (χ4n) is 1.18. The molecular formula is C10H14NO3+. The van der Waals surface area contributed by atoms with Gasteiger partial charge in [-0.15, -0.1) is 0 Å². The Kier molecular flexibility index (Phi) is 3.45. The number of aryl methyl sites for hydroxylation is 2. The van der Waals surface area contributed by atoms with Crippen LogP contribution in [0.1, 0.15) is 18.3 Å². The lowest BCUT2D eigenvalue weighted by molar-refractivity contribution is -0.400. The first kappa shape index (κ1) is 10.5. The van der Waals surface area contributed by atoms with Gasteiger partial charge in [-0.2, -0.15) is 0 Å². The van der Waals surface area contributed by atoms with Gasteiger partial charge in [-0.3, -0.25) is 0 Å². The summed E-state index contributed by atoms with van der Waals surface area (Å²) in [6, 6.07) is 3.64. The molecule has 0 radical (unpaired) electrons. The van der Waals surface area contributed by atoms with E-state index in [2.05, 4.69) is 4.98 Å². The Balaban J connectivity index is 2.80. The molecule has 0 aliphatic rings. The Morgan fingerprint density at radius 2 is 2.29 bits per heavy atom. The van der Waals surface area contributed by atoms with Crippen LogP contribution in [0.3, 0.4) is 0 Å². The standard InChI is InChI=1S/C10H13NO3/c1-3-8-9(14-6-10(12)13)5-4-7(2)11-8/h4-5H,3,6H2,1-2H3,(H,12,13)/p+1. The van der Waals surface area contributed by atoms with Crippen molar-refractivity contribution in [1.82, 2.24) is 0 Å². The van der Waals surface area contributed by atoms with E-state index >= 15 is 0 Å². The first-order valence-corrected chi connectivity index (χ1v) is 4.50. The summed E-state index contributed by atoms with van der Waals surface area (Å²) in [6.45, 7) is 3.63. The number of pyridine rings is 1. The maximum Gasteiger partial charge on any atom is 0.341 e. The number of carboxylic acids is 1. The topological polar surface area (TPSA) is 60.7 Å². The van der Waals surface area contributed by atoms with Gasteiger partial charge >= 0.3 is 5.97 Å². The number of nitrogens with one attached hydrogen (secondary N) is 1. The molecule has 0 aliphatic heterocycles. The predicted octanol–water partition coefficient (Wildman–Crippen LogP) is 0.835. The molecule has 0 bridgehead atoms. The molecule has 0 fully saturated rings. The van der Waals surface area contributed by atoms with E-state index in [-0.39, 0.29) is 6.61 Å². The fourth-order valence-corrected chi connectivity index (χ4v) is 1.18. The number of carbonyl (C=O) groups is 1. The van der Waals surface area contributed by atoms with Crippen LogP contribution in [0.25, 0.3) is 0 Å². The van der Waals surface area contributed by atoms with Crippen molar-refractivity contribution in [2.45, 2.75) is 20.3 Å². The minimum Gasteiger partial charge on any atom is -0.479 e. The maximum atomic E-state index is 10.3. The Bertz CT molecular complexity index is 336. The lowest BCUT2D eigenvalue weighted by Gasteiger charge is -2.03. The molecule has 1 heterocycles. The number of aliphatic carboxylic acids is 1. The van der Waals surface area contributed by atoms with Crippen LogP contribution in [0.4, 0.5) is 0 Å². The van der Waals surface area contributed by atoms with Crippen molar-refractivity contribution in [2.75, 3.05) is 6.61 Å². The highest BCUT2D eigenvalue weighted by molar-refractivity contribution is 5.68. The molecule has 1 aromatic heterocycles. The highest BCUT2D eigenvalue weighted by Crippen LogP contribution is 2.14. The third-order valence-electron chi connectivity index (χ3n) is 1.83. The number of aromatic amines is 1. The van der Waals surface area contributed by atoms with E-state index in [1.807, 2.05) is 19.9 Å². The number of aromatic nitrogens is 1. The number of hydrogen-bond acceptors (Lipinski definition) is 2. The average molecular weight is 196 g/mol. The Hall–Kier alpha value is -1.58. The molecule has 0 saturated carbocycles. The summed E-state index contributed by atoms with van der Waals surface area (Å²) in [5.74, 6) is -0.354. The predicted molar refractivity (Wildman–Crippen MR) is 50.2 cm³/mol. The second-order valence-electron chi connectivity index (χ2n) is 3.02. The van der Waals surface area contributed by atoms with E-state index in [9.17, 15) is 4.79 Å². The van der Waals surface area contributed by atoms with Crippen LogP contribution in [0.2, 0.25) is 0 Å². The Labute approximate surface area is 82.5 Å². The molecule has 0 unspecified atom stereocenters. The van der Waals surface area contributed by atoms with Crippen molar-refractivity contribution in [3.05, 3.63) is 23.5 Å². The molecule has 1 aromatic rings. The summed E-state index contributed by atoms with van der Waals surface area (Å²) in [4.78, 5) is 13.4. The summed E-state index contributed by atoms with van der Waals surface area (Å²) < 4.78 is 5.11. The summed E-state index contributed by atoms with van der Waals surface area (Å²) in [5, 5.41) is 8.46. The lowest BCUT2D eigenvalue weighted by atomic mass is 10.2. The Morgan fingerprint density at radius 1 is 1.57 bits per heavy atom. The molecule has 0 spiro atoms. The van der Waals surface area contributed by atoms with E-state index in [4.69, 9.17) is 9.84 Å². The third kappa shape index (κ3) is 2.73. The van der Waals surface area contributed by atoms with Crippen LogP contribution in [-0.2, 0) is 11.2 Å². The van der Waals surface area contributed by atoms with Crippen molar-refractivity contribution in [3.8, 4) is 5.75 Å². The number of carboxylic acid groups (broad SMARTS) is 1. The third-order valence-corrected chi connectivity index (χ3v) is 1.83. The highest BCUT2D eigenvalue weighted by atomic mass is 16.5. The van der Waals surface area contributed by atoms with Crippen LogP contribution in [-0.4, -0.2) is 17.7 Å². The average Bonchev–Trinajstić information content (AvgIpc) is 2.15. The van der Waals surface area contributed by atoms with Crippen molar-refractivity contribution in [2.24, 2.45) is 0 Å². The molecule has 0 amide bonds. The van der Waals surface area contributed by atoms with E-state index in [1.54, 1.807) is 6.07 Å². The van der Waals surface area contributed by atoms with Gasteiger partial charge in [0.2, 0.25) is 5.69 Å². The van der Waals surface area contributed by atoms with Gasteiger partial charge in [0.15, 0.2) is 18.1 Å². The van der Waals surface area contributed by atoms with E-state index < -0.39 is 5.97 Å². The van der Waals surface area contributed by atoms with Gasteiger partial charge in [0.25, 0.3) is 0 Å². The Morgan fingerprint density at radius 3 is 2.86 bits per heavy atom. The molecule has 4 nitrogen and oxygen atoms in total. The molecule has 2 N–H and O–H groups in total. The van der Waals surface area contributed by atoms with Crippen molar-refractivity contribution in [3.63, 3.8) is 0 Å². The molecule has 1 rings (SSSR count). The zero-order valence-electron chi connectivity index (χ0n) is 8.33. The normalized spacial score (nSPS) is 9.86. The number of rotatable bonds is 4. The molecule has 0 aliphatic carbocycles. The summed E-state index contributed by atoms with van der Waals surface area (Å²) >= 11 is 0. The summed E-state index contributed by atoms with van der Waals surface area (Å²) in [6.07, 6.45) is 0.788. The zero-order chi connectivity index (χ0) is 10.6. The molecule has 76 valence electrons. The van der Waals surface area contributed by atoms with Crippen molar-refractivity contribution < 1.29 is 19.6 Å². The van der Waals surface area contributed by atoms with Crippen molar-refractivity contribution in [1.29, 1.82) is 0 Å². The minimum absolute atomic E-state index is 0.302. The summed E-state index contributed by atoms with van der Waals surface area (Å²) in [7, 11) is 0. The quantitative estimate of drug-likeness (QED) is 0.776. The fraction of sp³-hybridized carbons (Fsp3) is 0.400. The molecular weight excluding hydrogens is 182 g/mol. The van der Waals surface area contributed by atoms with E-state index in [0.717, 1.165) is 17.8 Å². The van der Waals surface area contributed by atoms with Gasteiger partial charge in [-0.25, -0.2) is 9.78 Å². The first-order chi connectivity index (χ1) is 6.63. The van der Waals surface area contributed by atoms with Crippen LogP contribution < -0.4 is 9.72 Å². The largest absolute Gasteiger partial charge is 0.479 e. The van der Waals surface area contributed by atoms with Crippen LogP contribution in [0.15, 0.2) is 12.1 Å². The SMILES string of the molecule is CCc1[nH+]c(C)ccc1OCC(=O)O. The first-order valence-electron chi connectivity index (χ1n) is 4.50. The zero-order valence-corrected chi connectivity index (χ0v) is 8.33. The smallest absolute Gasteiger partial charge is 0.341 e. The minimum atomic E-state index is -0.965. The van der Waals surface area contributed by atoms with Gasteiger partial charge in [-0.05, 0) is 6.07 Å². The monoisotopic (exact) mass is 196 g/mol. The number of H-pyrrole nitrogens is 1. The van der Waals surface area contributed by atoms with Crippen LogP contribution >= 0.6 is 0 Å². The van der Waals surface area contributed by atoms with E-state index in [1.165, 1.54) is 0 Å². The number of hydrogen-bond donors (Lipinski definition) is 1. The van der Waals surface area contributed by atoms with Gasteiger partial charge in [-0.1, -0.05) is 6.92 Å². The molecule has 0 aromatic carbocycles. The van der Waals surface area contributed by atoms with Crippen molar-refractivity contribution >= 4 is 5.97 Å². The maximum absolute atomic E-state index is 10.3. The molecule has 4 heteroatoms. The van der Waals surface area contributed by atoms with E-state index in [0.29, 0.717) is 5.75 Å². The molecule has 14 heavy (non-hydrogen) atoms. The van der Waals surface area contributed by atoms with Crippen LogP contribution in [0.5, 0.6) is 5.75 Å². The van der Waals surface area contributed by atoms with Crippen LogP contribution in [0, 0.1) is 6.92 Å². The van der Waals surface area contributed by atoms with Gasteiger partial charge in [0, 0.05) is 19.4 Å². The summed E-state index contributed by atoms with van der Waals surface area (Å²) in [5.41, 5.74) is 1.95.